The fraction of sp³-hybridized carbons (Fsp3) is 0. The second kappa shape index (κ2) is 5.05. The molecule has 0 saturated heterocycles. The molecule has 0 bridgehead atoms. The Labute approximate surface area is 86.6 Å². The molecule has 0 radical (unpaired) electrons. The van der Waals surface area contributed by atoms with Crippen molar-refractivity contribution in [3.05, 3.63) is 41.1 Å². The topological polar surface area (TPSA) is 52.9 Å². The van der Waals surface area contributed by atoms with Gasteiger partial charge >= 0.3 is 0 Å². The van der Waals surface area contributed by atoms with Gasteiger partial charge in [0.25, 0.3) is 0 Å². The molecular formula is C10H7ClN2O. The second-order valence-electron chi connectivity index (χ2n) is 2.45. The number of aldehydes is 1. The first kappa shape index (κ1) is 10.3. The molecule has 0 heterocycles. The minimum atomic E-state index is 0.0535. The minimum Gasteiger partial charge on any atom is -0.359 e. The molecular weight excluding hydrogens is 200 g/mol. The molecule has 3 nitrogen and oxygen atoms in total. The van der Waals surface area contributed by atoms with Gasteiger partial charge in [-0.1, -0.05) is 23.7 Å². The summed E-state index contributed by atoms with van der Waals surface area (Å²) in [6, 6.07) is 8.95. The predicted octanol–water partition coefficient (Wildman–Crippen LogP) is 2.25. The number of hydrogen-bond donors (Lipinski definition) is 1. The molecule has 0 amide bonds. The van der Waals surface area contributed by atoms with E-state index in [4.69, 9.17) is 16.9 Å². The zero-order valence-corrected chi connectivity index (χ0v) is 7.95. The molecule has 0 aliphatic heterocycles. The third-order valence-corrected chi connectivity index (χ3v) is 1.72. The maximum Gasteiger partial charge on any atom is 0.162 e. The van der Waals surface area contributed by atoms with Gasteiger partial charge in [-0.15, -0.1) is 0 Å². The molecule has 0 aliphatic rings. The highest BCUT2D eigenvalue weighted by atomic mass is 35.5. The lowest BCUT2D eigenvalue weighted by Gasteiger charge is -2.01. The molecule has 1 aromatic carbocycles. The minimum absolute atomic E-state index is 0.0535. The van der Waals surface area contributed by atoms with Crippen LogP contribution in [0.5, 0.6) is 0 Å². The van der Waals surface area contributed by atoms with Gasteiger partial charge in [-0.25, -0.2) is 0 Å². The molecule has 1 aromatic rings. The van der Waals surface area contributed by atoms with Crippen LogP contribution in [0.3, 0.4) is 0 Å². The van der Waals surface area contributed by atoms with Crippen molar-refractivity contribution in [3.63, 3.8) is 0 Å². The molecule has 0 aromatic heterocycles. The van der Waals surface area contributed by atoms with Crippen LogP contribution in [0.15, 0.2) is 35.5 Å². The fourth-order valence-electron chi connectivity index (χ4n) is 0.887. The van der Waals surface area contributed by atoms with E-state index < -0.39 is 0 Å². The molecule has 1 rings (SSSR count). The normalized spacial score (nSPS) is 10.4. The summed E-state index contributed by atoms with van der Waals surface area (Å²) in [6.45, 7) is 0. The molecule has 4 heteroatoms. The molecule has 14 heavy (non-hydrogen) atoms. The van der Waals surface area contributed by atoms with E-state index in [9.17, 15) is 4.79 Å². The Morgan fingerprint density at radius 2 is 2.21 bits per heavy atom. The first-order valence-electron chi connectivity index (χ1n) is 3.84. The number of nitrogens with one attached hydrogen (secondary N) is 1. The van der Waals surface area contributed by atoms with Crippen LogP contribution < -0.4 is 5.32 Å². The summed E-state index contributed by atoms with van der Waals surface area (Å²) < 4.78 is 0. The molecule has 0 unspecified atom stereocenters. The van der Waals surface area contributed by atoms with Gasteiger partial charge in [0.15, 0.2) is 6.29 Å². The van der Waals surface area contributed by atoms with Crippen LogP contribution >= 0.6 is 11.6 Å². The molecule has 0 fully saturated rings. The SMILES string of the molecule is N#Cc1ccccc1N/C=C(\Cl)C=O. The highest BCUT2D eigenvalue weighted by Crippen LogP contribution is 2.13. The molecule has 0 spiro atoms. The van der Waals surface area contributed by atoms with Crippen molar-refractivity contribution < 1.29 is 4.79 Å². The Hall–Kier alpha value is -1.79. The van der Waals surface area contributed by atoms with E-state index in [0.29, 0.717) is 17.5 Å². The number of rotatable bonds is 3. The lowest BCUT2D eigenvalue weighted by atomic mass is 10.2. The Balaban J connectivity index is 2.87. The van der Waals surface area contributed by atoms with E-state index in [1.54, 1.807) is 24.3 Å². The summed E-state index contributed by atoms with van der Waals surface area (Å²) in [5.74, 6) is 0. The van der Waals surface area contributed by atoms with Gasteiger partial charge in [0.2, 0.25) is 0 Å². The molecule has 0 atom stereocenters. The zero-order valence-electron chi connectivity index (χ0n) is 7.20. The van der Waals surface area contributed by atoms with Gasteiger partial charge in [-0.2, -0.15) is 5.26 Å². The van der Waals surface area contributed by atoms with Crippen LogP contribution in [0.25, 0.3) is 0 Å². The third kappa shape index (κ3) is 2.61. The van der Waals surface area contributed by atoms with Crippen molar-refractivity contribution in [1.82, 2.24) is 0 Å². The number of benzene rings is 1. The summed E-state index contributed by atoms with van der Waals surface area (Å²) in [4.78, 5) is 10.2. The van der Waals surface area contributed by atoms with E-state index in [2.05, 4.69) is 5.32 Å². The van der Waals surface area contributed by atoms with Gasteiger partial charge in [0.1, 0.15) is 6.07 Å². The standard InChI is InChI=1S/C10H7ClN2O/c11-9(7-14)6-13-10-4-2-1-3-8(10)5-12/h1-4,6-7,13H/b9-6-. The third-order valence-electron chi connectivity index (χ3n) is 1.53. The number of carbonyl (C=O) groups excluding carboxylic acids is 1. The lowest BCUT2D eigenvalue weighted by Crippen LogP contribution is -1.92. The van der Waals surface area contributed by atoms with Crippen LogP contribution in [-0.2, 0) is 4.79 Å². The molecule has 70 valence electrons. The summed E-state index contributed by atoms with van der Waals surface area (Å²) >= 11 is 5.46. The van der Waals surface area contributed by atoms with Crippen LogP contribution in [0.4, 0.5) is 5.69 Å². The average Bonchev–Trinajstić information content (AvgIpc) is 2.26. The second-order valence-corrected chi connectivity index (χ2v) is 2.89. The van der Waals surface area contributed by atoms with Crippen molar-refractivity contribution in [1.29, 1.82) is 5.26 Å². The van der Waals surface area contributed by atoms with Gasteiger partial charge in [0, 0.05) is 6.20 Å². The molecule has 1 N–H and O–H groups in total. The summed E-state index contributed by atoms with van der Waals surface area (Å²) in [5.41, 5.74) is 1.12. The van der Waals surface area contributed by atoms with E-state index >= 15 is 0 Å². The van der Waals surface area contributed by atoms with E-state index in [1.165, 1.54) is 6.20 Å². The number of halogens is 1. The number of carbonyl (C=O) groups is 1. The Kier molecular flexibility index (Phi) is 3.71. The van der Waals surface area contributed by atoms with Crippen molar-refractivity contribution in [2.24, 2.45) is 0 Å². The highest BCUT2D eigenvalue weighted by Gasteiger charge is 1.97. The first-order chi connectivity index (χ1) is 6.77. The highest BCUT2D eigenvalue weighted by molar-refractivity contribution is 6.38. The summed E-state index contributed by atoms with van der Waals surface area (Å²) in [6.07, 6.45) is 1.86. The number of para-hydroxylation sites is 1. The van der Waals surface area contributed by atoms with Crippen LogP contribution in [-0.4, -0.2) is 6.29 Å². The number of anilines is 1. The Bertz CT molecular complexity index is 407. The van der Waals surface area contributed by atoms with Gasteiger partial charge < -0.3 is 5.32 Å². The first-order valence-corrected chi connectivity index (χ1v) is 4.22. The van der Waals surface area contributed by atoms with Gasteiger partial charge in [0.05, 0.1) is 16.3 Å². The van der Waals surface area contributed by atoms with Gasteiger partial charge in [-0.3, -0.25) is 4.79 Å². The van der Waals surface area contributed by atoms with E-state index in [1.807, 2.05) is 6.07 Å². The number of nitrogens with zero attached hydrogens (tertiary/aromatic N) is 1. The summed E-state index contributed by atoms with van der Waals surface area (Å²) in [5, 5.41) is 11.5. The number of hydrogen-bond acceptors (Lipinski definition) is 3. The van der Waals surface area contributed by atoms with Crippen LogP contribution in [0, 0.1) is 11.3 Å². The maximum absolute atomic E-state index is 10.2. The maximum atomic E-state index is 10.2. The number of nitriles is 1. The number of allylic oxidation sites excluding steroid dienone is 1. The monoisotopic (exact) mass is 206 g/mol. The van der Waals surface area contributed by atoms with Crippen LogP contribution in [0.1, 0.15) is 5.56 Å². The molecule has 0 aliphatic carbocycles. The van der Waals surface area contributed by atoms with Crippen LogP contribution in [0.2, 0.25) is 0 Å². The largest absolute Gasteiger partial charge is 0.359 e. The quantitative estimate of drug-likeness (QED) is 0.610. The Morgan fingerprint density at radius 1 is 1.50 bits per heavy atom. The predicted molar refractivity (Wildman–Crippen MR) is 54.8 cm³/mol. The zero-order chi connectivity index (χ0) is 10.4. The lowest BCUT2D eigenvalue weighted by molar-refractivity contribution is -0.104. The van der Waals surface area contributed by atoms with Crippen molar-refractivity contribution in [3.8, 4) is 6.07 Å². The summed E-state index contributed by atoms with van der Waals surface area (Å²) in [7, 11) is 0. The fourth-order valence-corrected chi connectivity index (χ4v) is 0.942. The van der Waals surface area contributed by atoms with E-state index in [-0.39, 0.29) is 5.03 Å². The Morgan fingerprint density at radius 3 is 2.86 bits per heavy atom. The smallest absolute Gasteiger partial charge is 0.162 e. The average molecular weight is 207 g/mol. The van der Waals surface area contributed by atoms with Crippen molar-refractivity contribution in [2.75, 3.05) is 5.32 Å². The van der Waals surface area contributed by atoms with Crippen molar-refractivity contribution in [2.45, 2.75) is 0 Å². The molecule has 0 saturated carbocycles. The van der Waals surface area contributed by atoms with E-state index in [0.717, 1.165) is 0 Å². The van der Waals surface area contributed by atoms with Gasteiger partial charge in [-0.05, 0) is 12.1 Å². The van der Waals surface area contributed by atoms with Crippen molar-refractivity contribution >= 4 is 23.6 Å².